The normalized spacial score (nSPS) is 13.0. The van der Waals surface area contributed by atoms with Gasteiger partial charge in [0.15, 0.2) is 5.96 Å². The van der Waals surface area contributed by atoms with E-state index in [1.54, 1.807) is 0 Å². The van der Waals surface area contributed by atoms with Gasteiger partial charge in [-0.1, -0.05) is 13.8 Å². The third kappa shape index (κ3) is 11.5. The molecule has 0 aliphatic heterocycles. The van der Waals surface area contributed by atoms with Crippen molar-refractivity contribution in [3.63, 3.8) is 0 Å². The topological polar surface area (TPSA) is 45.7 Å². The van der Waals surface area contributed by atoms with Crippen molar-refractivity contribution in [2.24, 2.45) is 10.9 Å². The second-order valence-electron chi connectivity index (χ2n) is 5.60. The van der Waals surface area contributed by atoms with Crippen molar-refractivity contribution in [3.05, 3.63) is 0 Å². The van der Waals surface area contributed by atoms with Gasteiger partial charge >= 0.3 is 0 Å². The Bertz CT molecular complexity index is 219. The number of rotatable bonds is 6. The molecule has 0 radical (unpaired) electrons. The quantitative estimate of drug-likeness (QED) is 0.426. The van der Waals surface area contributed by atoms with Gasteiger partial charge in [0.1, 0.15) is 0 Å². The summed E-state index contributed by atoms with van der Waals surface area (Å²) in [7, 11) is 0. The third-order valence-corrected chi connectivity index (χ3v) is 1.79. The van der Waals surface area contributed by atoms with Crippen LogP contribution in [0.5, 0.6) is 0 Å². The molecule has 4 nitrogen and oxygen atoms in total. The molecule has 0 fully saturated rings. The first-order valence-corrected chi connectivity index (χ1v) is 6.49. The Morgan fingerprint density at radius 2 is 1.94 bits per heavy atom. The number of hydrogen-bond donors (Lipinski definition) is 2. The molecule has 0 rings (SSSR count). The fourth-order valence-corrected chi connectivity index (χ4v) is 1.20. The van der Waals surface area contributed by atoms with Crippen molar-refractivity contribution >= 4 is 5.96 Å². The van der Waals surface area contributed by atoms with Crippen LogP contribution in [0.15, 0.2) is 4.99 Å². The predicted octanol–water partition coefficient (Wildman–Crippen LogP) is 2.01. The van der Waals surface area contributed by atoms with Crippen LogP contribution in [-0.4, -0.2) is 37.8 Å². The summed E-state index contributed by atoms with van der Waals surface area (Å²) in [6.07, 6.45) is 0. The molecule has 2 N–H and O–H groups in total. The zero-order valence-corrected chi connectivity index (χ0v) is 12.3. The van der Waals surface area contributed by atoms with E-state index in [1.165, 1.54) is 0 Å². The van der Waals surface area contributed by atoms with Gasteiger partial charge in [-0.25, -0.2) is 0 Å². The molecule has 0 amide bonds. The van der Waals surface area contributed by atoms with Crippen molar-refractivity contribution in [1.82, 2.24) is 10.6 Å². The molecule has 4 heteroatoms. The summed E-state index contributed by atoms with van der Waals surface area (Å²) in [6.45, 7) is 15.8. The molecule has 0 bridgehead atoms. The van der Waals surface area contributed by atoms with Crippen LogP contribution >= 0.6 is 0 Å². The Balaban J connectivity index is 3.95. The first-order valence-electron chi connectivity index (χ1n) is 6.49. The first-order chi connectivity index (χ1) is 7.85. The van der Waals surface area contributed by atoms with Gasteiger partial charge in [-0.05, 0) is 33.6 Å². The van der Waals surface area contributed by atoms with Crippen LogP contribution in [0.4, 0.5) is 0 Å². The van der Waals surface area contributed by atoms with Gasteiger partial charge in [0.25, 0.3) is 0 Å². The number of aliphatic imine (C=N–C) groups is 1. The monoisotopic (exact) mass is 243 g/mol. The minimum absolute atomic E-state index is 0.0276. The standard InChI is InChI=1S/C13H29N3O/c1-7-14-12(16-13(4,5)6)15-8-9-17-10-11(2)3/h11H,7-10H2,1-6H3,(H2,14,15,16). The Morgan fingerprint density at radius 1 is 1.29 bits per heavy atom. The van der Waals surface area contributed by atoms with E-state index < -0.39 is 0 Å². The molecule has 0 saturated heterocycles. The summed E-state index contributed by atoms with van der Waals surface area (Å²) in [4.78, 5) is 4.47. The van der Waals surface area contributed by atoms with Gasteiger partial charge in [-0.3, -0.25) is 4.99 Å². The number of nitrogens with zero attached hydrogens (tertiary/aromatic N) is 1. The number of ether oxygens (including phenoxy) is 1. The van der Waals surface area contributed by atoms with Crippen molar-refractivity contribution in [2.45, 2.75) is 47.1 Å². The van der Waals surface area contributed by atoms with Gasteiger partial charge < -0.3 is 15.4 Å². The Hall–Kier alpha value is -0.770. The van der Waals surface area contributed by atoms with E-state index in [9.17, 15) is 0 Å². The van der Waals surface area contributed by atoms with E-state index in [1.807, 2.05) is 0 Å². The average molecular weight is 243 g/mol. The fourth-order valence-electron chi connectivity index (χ4n) is 1.20. The predicted molar refractivity (Wildman–Crippen MR) is 74.5 cm³/mol. The van der Waals surface area contributed by atoms with Gasteiger partial charge in [-0.2, -0.15) is 0 Å². The lowest BCUT2D eigenvalue weighted by Gasteiger charge is -2.23. The SMILES string of the molecule is CCNC(=NCCOCC(C)C)NC(C)(C)C. The highest BCUT2D eigenvalue weighted by atomic mass is 16.5. The average Bonchev–Trinajstić information content (AvgIpc) is 2.14. The molecule has 0 aliphatic carbocycles. The maximum absolute atomic E-state index is 5.49. The molecule has 0 saturated carbocycles. The summed E-state index contributed by atoms with van der Waals surface area (Å²) in [5, 5.41) is 6.56. The lowest BCUT2D eigenvalue weighted by molar-refractivity contribution is 0.117. The van der Waals surface area contributed by atoms with E-state index in [4.69, 9.17) is 4.74 Å². The van der Waals surface area contributed by atoms with Crippen LogP contribution in [0.2, 0.25) is 0 Å². The zero-order chi connectivity index (χ0) is 13.3. The van der Waals surface area contributed by atoms with Crippen LogP contribution in [0.25, 0.3) is 0 Å². The minimum atomic E-state index is 0.0276. The molecule has 0 heterocycles. The maximum Gasteiger partial charge on any atom is 0.191 e. The zero-order valence-electron chi connectivity index (χ0n) is 12.3. The van der Waals surface area contributed by atoms with Gasteiger partial charge in [0.05, 0.1) is 13.2 Å². The van der Waals surface area contributed by atoms with E-state index in [0.717, 1.165) is 19.1 Å². The van der Waals surface area contributed by atoms with E-state index >= 15 is 0 Å². The van der Waals surface area contributed by atoms with E-state index in [2.05, 4.69) is 57.2 Å². The molecule has 17 heavy (non-hydrogen) atoms. The van der Waals surface area contributed by atoms with Gasteiger partial charge in [0.2, 0.25) is 0 Å². The third-order valence-electron chi connectivity index (χ3n) is 1.79. The van der Waals surface area contributed by atoms with Crippen LogP contribution in [0.1, 0.15) is 41.5 Å². The van der Waals surface area contributed by atoms with Crippen molar-refractivity contribution in [1.29, 1.82) is 0 Å². The highest BCUT2D eigenvalue weighted by Crippen LogP contribution is 1.98. The van der Waals surface area contributed by atoms with Crippen LogP contribution in [0.3, 0.4) is 0 Å². The minimum Gasteiger partial charge on any atom is -0.379 e. The molecule has 102 valence electrons. The summed E-state index contributed by atoms with van der Waals surface area (Å²) in [5.41, 5.74) is 0.0276. The van der Waals surface area contributed by atoms with E-state index in [0.29, 0.717) is 19.1 Å². The molecule has 0 aromatic rings. The largest absolute Gasteiger partial charge is 0.379 e. The summed E-state index contributed by atoms with van der Waals surface area (Å²) in [5.74, 6) is 1.44. The number of guanidine groups is 1. The lowest BCUT2D eigenvalue weighted by Crippen LogP contribution is -2.47. The number of hydrogen-bond acceptors (Lipinski definition) is 2. The van der Waals surface area contributed by atoms with Crippen molar-refractivity contribution < 1.29 is 4.74 Å². The summed E-state index contributed by atoms with van der Waals surface area (Å²) < 4.78 is 5.49. The highest BCUT2D eigenvalue weighted by molar-refractivity contribution is 5.80. The van der Waals surface area contributed by atoms with Gasteiger partial charge in [0, 0.05) is 18.7 Å². The molecule has 0 atom stereocenters. The molecule has 0 unspecified atom stereocenters. The van der Waals surface area contributed by atoms with Crippen molar-refractivity contribution in [2.75, 3.05) is 26.3 Å². The molecular weight excluding hydrogens is 214 g/mol. The molecule has 0 aromatic heterocycles. The molecule has 0 aromatic carbocycles. The van der Waals surface area contributed by atoms with E-state index in [-0.39, 0.29) is 5.54 Å². The Kier molecular flexibility index (Phi) is 7.96. The fraction of sp³-hybridized carbons (Fsp3) is 0.923. The maximum atomic E-state index is 5.49. The van der Waals surface area contributed by atoms with Crippen LogP contribution in [0, 0.1) is 5.92 Å². The van der Waals surface area contributed by atoms with Gasteiger partial charge in [-0.15, -0.1) is 0 Å². The summed E-state index contributed by atoms with van der Waals surface area (Å²) >= 11 is 0. The molecular formula is C13H29N3O. The van der Waals surface area contributed by atoms with Crippen LogP contribution < -0.4 is 10.6 Å². The summed E-state index contributed by atoms with van der Waals surface area (Å²) in [6, 6.07) is 0. The Labute approximate surface area is 106 Å². The molecule has 0 aliphatic rings. The highest BCUT2D eigenvalue weighted by Gasteiger charge is 2.11. The smallest absolute Gasteiger partial charge is 0.191 e. The molecule has 0 spiro atoms. The first kappa shape index (κ1) is 16.2. The lowest BCUT2D eigenvalue weighted by atomic mass is 10.1. The van der Waals surface area contributed by atoms with Crippen molar-refractivity contribution in [3.8, 4) is 0 Å². The second-order valence-corrected chi connectivity index (χ2v) is 5.60. The second kappa shape index (κ2) is 8.34. The van der Waals surface area contributed by atoms with Crippen LogP contribution in [-0.2, 0) is 4.74 Å². The number of nitrogens with one attached hydrogen (secondary N) is 2. The Morgan fingerprint density at radius 3 is 2.41 bits per heavy atom.